The van der Waals surface area contributed by atoms with Gasteiger partial charge in [-0.3, -0.25) is 5.10 Å². The first kappa shape index (κ1) is 12.2. The van der Waals surface area contributed by atoms with Gasteiger partial charge in [0.15, 0.2) is 0 Å². The van der Waals surface area contributed by atoms with Gasteiger partial charge < -0.3 is 10.1 Å². The van der Waals surface area contributed by atoms with Crippen LogP contribution in [0.2, 0.25) is 0 Å². The molecule has 0 amide bonds. The minimum absolute atomic E-state index is 0.571. The molecule has 0 saturated heterocycles. The van der Waals surface area contributed by atoms with Crippen LogP contribution in [0, 0.1) is 0 Å². The van der Waals surface area contributed by atoms with Crippen molar-refractivity contribution in [2.45, 2.75) is 31.3 Å². The number of aromatic amines is 1. The second kappa shape index (κ2) is 5.40. The van der Waals surface area contributed by atoms with Crippen LogP contribution in [0.3, 0.4) is 0 Å². The molecule has 1 aliphatic carbocycles. The second-order valence-corrected chi connectivity index (χ2v) is 4.95. The first-order chi connectivity index (χ1) is 9.35. The highest BCUT2D eigenvalue weighted by molar-refractivity contribution is 5.32. The average molecular weight is 258 g/mol. The van der Waals surface area contributed by atoms with Crippen LogP contribution in [0.25, 0.3) is 0 Å². The topological polar surface area (TPSA) is 62.8 Å². The molecule has 0 atom stereocenters. The van der Waals surface area contributed by atoms with Crippen molar-refractivity contribution in [3.8, 4) is 5.75 Å². The van der Waals surface area contributed by atoms with Crippen molar-refractivity contribution in [1.29, 1.82) is 0 Å². The smallest absolute Gasteiger partial charge is 0.138 e. The van der Waals surface area contributed by atoms with Crippen molar-refractivity contribution in [2.24, 2.45) is 0 Å². The van der Waals surface area contributed by atoms with Crippen molar-refractivity contribution >= 4 is 0 Å². The highest BCUT2D eigenvalue weighted by atomic mass is 16.5. The van der Waals surface area contributed by atoms with Crippen LogP contribution in [0.15, 0.2) is 30.6 Å². The van der Waals surface area contributed by atoms with E-state index in [1.165, 1.54) is 24.7 Å². The summed E-state index contributed by atoms with van der Waals surface area (Å²) in [4.78, 5) is 4.10. The van der Waals surface area contributed by atoms with E-state index in [-0.39, 0.29) is 0 Å². The highest BCUT2D eigenvalue weighted by Crippen LogP contribution is 2.37. The number of H-pyrrole nitrogens is 1. The number of aromatic nitrogens is 3. The van der Waals surface area contributed by atoms with Gasteiger partial charge in [0.2, 0.25) is 0 Å². The van der Waals surface area contributed by atoms with E-state index >= 15 is 0 Å². The largest absolute Gasteiger partial charge is 0.497 e. The Morgan fingerprint density at radius 1 is 1.42 bits per heavy atom. The Morgan fingerprint density at radius 2 is 2.32 bits per heavy atom. The summed E-state index contributed by atoms with van der Waals surface area (Å²) in [6.45, 7) is 0.759. The van der Waals surface area contributed by atoms with Gasteiger partial charge in [-0.2, -0.15) is 5.10 Å². The number of benzene rings is 1. The van der Waals surface area contributed by atoms with Crippen molar-refractivity contribution in [3.05, 3.63) is 42.0 Å². The summed E-state index contributed by atoms with van der Waals surface area (Å²) in [7, 11) is 1.71. The maximum absolute atomic E-state index is 5.26. The number of nitrogens with one attached hydrogen (secondary N) is 2. The minimum Gasteiger partial charge on any atom is -0.497 e. The fourth-order valence-electron chi connectivity index (χ4n) is 2.51. The van der Waals surface area contributed by atoms with Gasteiger partial charge >= 0.3 is 0 Å². The summed E-state index contributed by atoms with van der Waals surface area (Å²) in [6, 6.07) is 8.93. The molecule has 0 aliphatic heterocycles. The lowest BCUT2D eigenvalue weighted by Gasteiger charge is -2.36. The second-order valence-electron chi connectivity index (χ2n) is 4.95. The predicted molar refractivity (Wildman–Crippen MR) is 72.0 cm³/mol. The molecule has 5 nitrogen and oxygen atoms in total. The van der Waals surface area contributed by atoms with Crippen LogP contribution in [-0.2, 0) is 6.54 Å². The number of hydrogen-bond donors (Lipinski definition) is 2. The highest BCUT2D eigenvalue weighted by Gasteiger charge is 2.30. The van der Waals surface area contributed by atoms with Crippen LogP contribution in [-0.4, -0.2) is 28.3 Å². The molecule has 100 valence electrons. The summed E-state index contributed by atoms with van der Waals surface area (Å²) in [5.74, 6) is 2.47. The normalized spacial score (nSPS) is 21.9. The van der Waals surface area contributed by atoms with E-state index in [0.717, 1.165) is 18.1 Å². The van der Waals surface area contributed by atoms with Crippen molar-refractivity contribution < 1.29 is 4.74 Å². The Bertz CT molecular complexity index is 520. The van der Waals surface area contributed by atoms with Crippen molar-refractivity contribution in [2.75, 3.05) is 7.11 Å². The summed E-state index contributed by atoms with van der Waals surface area (Å²) in [5, 5.41) is 10.2. The Hall–Kier alpha value is -1.88. The Morgan fingerprint density at radius 3 is 3.05 bits per heavy atom. The third kappa shape index (κ3) is 2.76. The zero-order valence-corrected chi connectivity index (χ0v) is 11.0. The van der Waals surface area contributed by atoms with Crippen LogP contribution < -0.4 is 10.1 Å². The van der Waals surface area contributed by atoms with Crippen molar-refractivity contribution in [1.82, 2.24) is 20.5 Å². The first-order valence-corrected chi connectivity index (χ1v) is 6.56. The molecule has 2 aromatic rings. The molecule has 0 unspecified atom stereocenters. The zero-order chi connectivity index (χ0) is 13.1. The van der Waals surface area contributed by atoms with Crippen LogP contribution >= 0.6 is 0 Å². The van der Waals surface area contributed by atoms with Gasteiger partial charge in [-0.25, -0.2) is 4.98 Å². The summed E-state index contributed by atoms with van der Waals surface area (Å²) < 4.78 is 5.26. The van der Waals surface area contributed by atoms with Gasteiger partial charge in [0.1, 0.15) is 17.9 Å². The first-order valence-electron chi connectivity index (χ1n) is 6.56. The number of methoxy groups -OCH3 is 1. The molecule has 1 aromatic heterocycles. The molecule has 2 N–H and O–H groups in total. The summed E-state index contributed by atoms with van der Waals surface area (Å²) in [6.07, 6.45) is 3.87. The monoisotopic (exact) mass is 258 g/mol. The third-order valence-electron chi connectivity index (χ3n) is 3.73. The molecule has 0 bridgehead atoms. The quantitative estimate of drug-likeness (QED) is 0.859. The van der Waals surface area contributed by atoms with E-state index in [0.29, 0.717) is 12.0 Å². The van der Waals surface area contributed by atoms with Gasteiger partial charge in [0, 0.05) is 6.04 Å². The Labute approximate surface area is 112 Å². The molecule has 3 rings (SSSR count). The molecule has 0 radical (unpaired) electrons. The molecule has 1 saturated carbocycles. The van der Waals surface area contributed by atoms with Gasteiger partial charge in [-0.15, -0.1) is 0 Å². The lowest BCUT2D eigenvalue weighted by molar-refractivity contribution is 0.287. The fourth-order valence-corrected chi connectivity index (χ4v) is 2.51. The summed E-state index contributed by atoms with van der Waals surface area (Å²) in [5.41, 5.74) is 1.37. The molecular formula is C14H18N4O. The molecule has 19 heavy (non-hydrogen) atoms. The number of ether oxygens (including phenoxy) is 1. The lowest BCUT2D eigenvalue weighted by Crippen LogP contribution is -2.39. The molecule has 1 aromatic carbocycles. The lowest BCUT2D eigenvalue weighted by atomic mass is 9.76. The van der Waals surface area contributed by atoms with E-state index in [9.17, 15) is 0 Å². The van der Waals surface area contributed by atoms with E-state index in [4.69, 9.17) is 4.74 Å². The molecule has 0 spiro atoms. The molecule has 1 fully saturated rings. The molecular weight excluding hydrogens is 240 g/mol. The number of rotatable bonds is 5. The van der Waals surface area contributed by atoms with Crippen LogP contribution in [0.5, 0.6) is 5.75 Å². The van der Waals surface area contributed by atoms with E-state index in [2.05, 4.69) is 38.7 Å². The fraction of sp³-hybridized carbons (Fsp3) is 0.429. The van der Waals surface area contributed by atoms with E-state index in [1.54, 1.807) is 7.11 Å². The van der Waals surface area contributed by atoms with E-state index < -0.39 is 0 Å². The molecule has 5 heteroatoms. The third-order valence-corrected chi connectivity index (χ3v) is 3.73. The predicted octanol–water partition coefficient (Wildman–Crippen LogP) is 1.85. The zero-order valence-electron chi connectivity index (χ0n) is 11.0. The number of nitrogens with zero attached hydrogens (tertiary/aromatic N) is 2. The van der Waals surface area contributed by atoms with Gasteiger partial charge in [0.05, 0.1) is 13.7 Å². The van der Waals surface area contributed by atoms with Crippen LogP contribution in [0.1, 0.15) is 30.1 Å². The maximum Gasteiger partial charge on any atom is 0.138 e. The standard InChI is InChI=1S/C14H18N4O/c1-19-13-4-2-3-10(7-13)11-5-12(6-11)15-8-14-16-9-17-18-14/h2-4,7,9,11-12,15H,5-6,8H2,1H3,(H,16,17,18). The van der Waals surface area contributed by atoms with Gasteiger partial charge in [-0.1, -0.05) is 12.1 Å². The number of hydrogen-bond acceptors (Lipinski definition) is 4. The Kier molecular flexibility index (Phi) is 3.46. The average Bonchev–Trinajstić information content (AvgIpc) is 2.90. The maximum atomic E-state index is 5.26. The van der Waals surface area contributed by atoms with E-state index in [1.807, 2.05) is 6.07 Å². The van der Waals surface area contributed by atoms with Crippen molar-refractivity contribution in [3.63, 3.8) is 0 Å². The van der Waals surface area contributed by atoms with Gasteiger partial charge in [0.25, 0.3) is 0 Å². The minimum atomic E-state index is 0.571. The summed E-state index contributed by atoms with van der Waals surface area (Å²) >= 11 is 0. The Balaban J connectivity index is 1.49. The van der Waals surface area contributed by atoms with Gasteiger partial charge in [-0.05, 0) is 36.5 Å². The van der Waals surface area contributed by atoms with Crippen LogP contribution in [0.4, 0.5) is 0 Å². The SMILES string of the molecule is COc1cccc(C2CC(NCc3ncn[nH]3)C2)c1. The molecule has 1 aliphatic rings. The molecule has 1 heterocycles.